The van der Waals surface area contributed by atoms with Gasteiger partial charge in [0.05, 0.1) is 23.6 Å². The summed E-state index contributed by atoms with van der Waals surface area (Å²) in [6, 6.07) is 34.3. The standard InChI is InChI=1S/C28H24N6O/c29-24-13-7-8-14-25(24)31-28(35)21-15-17-22(18-16-21)30-19-26-32-27(20-9-3-1-4-10-20)33-34(26)23-11-5-2-6-12-23/h1-18,30H,19,29H2,(H,31,35). The van der Waals surface area contributed by atoms with Gasteiger partial charge in [-0.25, -0.2) is 9.67 Å². The number of carbonyl (C=O) groups excluding carboxylic acids is 1. The molecule has 4 N–H and O–H groups in total. The molecule has 7 heteroatoms. The average Bonchev–Trinajstić information content (AvgIpc) is 3.34. The van der Waals surface area contributed by atoms with Gasteiger partial charge < -0.3 is 16.4 Å². The minimum absolute atomic E-state index is 0.217. The molecule has 0 aliphatic heterocycles. The second-order valence-electron chi connectivity index (χ2n) is 7.94. The number of para-hydroxylation sites is 3. The summed E-state index contributed by atoms with van der Waals surface area (Å²) in [5, 5.41) is 11.0. The third kappa shape index (κ3) is 5.04. The lowest BCUT2D eigenvalue weighted by molar-refractivity contribution is 0.102. The molecule has 7 nitrogen and oxygen atoms in total. The number of nitrogens with two attached hydrogens (primary N) is 1. The molecule has 0 spiro atoms. The molecule has 5 aromatic rings. The van der Waals surface area contributed by atoms with Crippen LogP contribution in [0.1, 0.15) is 16.2 Å². The second kappa shape index (κ2) is 9.93. The molecule has 1 heterocycles. The lowest BCUT2D eigenvalue weighted by atomic mass is 10.2. The van der Waals surface area contributed by atoms with Gasteiger partial charge in [0, 0.05) is 16.8 Å². The van der Waals surface area contributed by atoms with Crippen LogP contribution in [0, 0.1) is 0 Å². The summed E-state index contributed by atoms with van der Waals surface area (Å²) in [7, 11) is 0. The zero-order valence-corrected chi connectivity index (χ0v) is 18.9. The Morgan fingerprint density at radius 1 is 0.800 bits per heavy atom. The molecule has 1 amide bonds. The first-order chi connectivity index (χ1) is 17.2. The highest BCUT2D eigenvalue weighted by Gasteiger charge is 2.13. The maximum atomic E-state index is 12.6. The number of nitrogens with one attached hydrogen (secondary N) is 2. The van der Waals surface area contributed by atoms with Gasteiger partial charge >= 0.3 is 0 Å². The summed E-state index contributed by atoms with van der Waals surface area (Å²) in [5.74, 6) is 1.22. The number of rotatable bonds is 7. The SMILES string of the molecule is Nc1ccccc1NC(=O)c1ccc(NCc2nc(-c3ccccc3)nn2-c2ccccc2)cc1. The van der Waals surface area contributed by atoms with E-state index in [2.05, 4.69) is 10.6 Å². The van der Waals surface area contributed by atoms with E-state index in [0.29, 0.717) is 29.3 Å². The summed E-state index contributed by atoms with van der Waals surface area (Å²) >= 11 is 0. The van der Waals surface area contributed by atoms with Crippen LogP contribution in [0.5, 0.6) is 0 Å². The number of nitrogen functional groups attached to an aromatic ring is 1. The molecule has 4 aromatic carbocycles. The highest BCUT2D eigenvalue weighted by Crippen LogP contribution is 2.21. The van der Waals surface area contributed by atoms with Crippen LogP contribution in [-0.4, -0.2) is 20.7 Å². The summed E-state index contributed by atoms with van der Waals surface area (Å²) in [6.07, 6.45) is 0. The van der Waals surface area contributed by atoms with E-state index in [1.54, 1.807) is 24.3 Å². The van der Waals surface area contributed by atoms with E-state index >= 15 is 0 Å². The van der Waals surface area contributed by atoms with Crippen molar-refractivity contribution < 1.29 is 4.79 Å². The van der Waals surface area contributed by atoms with Crippen molar-refractivity contribution in [3.05, 3.63) is 121 Å². The summed E-state index contributed by atoms with van der Waals surface area (Å²) in [6.45, 7) is 0.459. The molecule has 0 atom stereocenters. The van der Waals surface area contributed by atoms with Crippen molar-refractivity contribution in [2.75, 3.05) is 16.4 Å². The van der Waals surface area contributed by atoms with Crippen molar-refractivity contribution in [3.8, 4) is 17.1 Å². The number of anilines is 3. The zero-order chi connectivity index (χ0) is 24.0. The molecule has 0 radical (unpaired) electrons. The molecule has 0 aliphatic carbocycles. The molecule has 1 aromatic heterocycles. The van der Waals surface area contributed by atoms with Gasteiger partial charge in [-0.2, -0.15) is 0 Å². The third-order valence-electron chi connectivity index (χ3n) is 5.51. The van der Waals surface area contributed by atoms with Gasteiger partial charge in [-0.3, -0.25) is 4.79 Å². The molecule has 0 saturated carbocycles. The molecule has 0 fully saturated rings. The summed E-state index contributed by atoms with van der Waals surface area (Å²) < 4.78 is 1.85. The Kier molecular flexibility index (Phi) is 6.21. The van der Waals surface area contributed by atoms with E-state index in [9.17, 15) is 4.79 Å². The van der Waals surface area contributed by atoms with E-state index in [4.69, 9.17) is 15.8 Å². The summed E-state index contributed by atoms with van der Waals surface area (Å²) in [4.78, 5) is 17.4. The largest absolute Gasteiger partial charge is 0.397 e. The molecule has 0 bridgehead atoms. The number of amides is 1. The third-order valence-corrected chi connectivity index (χ3v) is 5.51. The van der Waals surface area contributed by atoms with Crippen LogP contribution < -0.4 is 16.4 Å². The van der Waals surface area contributed by atoms with Crippen LogP contribution in [0.2, 0.25) is 0 Å². The molecule has 172 valence electrons. The van der Waals surface area contributed by atoms with Gasteiger partial charge in [0.15, 0.2) is 11.6 Å². The normalized spacial score (nSPS) is 10.6. The van der Waals surface area contributed by atoms with Crippen molar-refractivity contribution in [2.45, 2.75) is 6.54 Å². The van der Waals surface area contributed by atoms with Crippen molar-refractivity contribution in [1.82, 2.24) is 14.8 Å². The number of hydrogen-bond acceptors (Lipinski definition) is 5. The molecule has 0 unspecified atom stereocenters. The van der Waals surface area contributed by atoms with Crippen LogP contribution in [0.25, 0.3) is 17.1 Å². The van der Waals surface area contributed by atoms with Gasteiger partial charge in [-0.05, 0) is 48.5 Å². The van der Waals surface area contributed by atoms with Crippen molar-refractivity contribution in [2.24, 2.45) is 0 Å². The molecule has 0 aliphatic rings. The van der Waals surface area contributed by atoms with Crippen LogP contribution in [-0.2, 0) is 6.54 Å². The number of benzene rings is 4. The van der Waals surface area contributed by atoms with Crippen LogP contribution in [0.3, 0.4) is 0 Å². The average molecular weight is 461 g/mol. The van der Waals surface area contributed by atoms with E-state index in [1.807, 2.05) is 89.6 Å². The van der Waals surface area contributed by atoms with Crippen molar-refractivity contribution in [3.63, 3.8) is 0 Å². The highest BCUT2D eigenvalue weighted by atomic mass is 16.1. The fraction of sp³-hybridized carbons (Fsp3) is 0.0357. The Balaban J connectivity index is 1.32. The predicted molar refractivity (Wildman–Crippen MR) is 139 cm³/mol. The lowest BCUT2D eigenvalue weighted by Gasteiger charge is -2.10. The molecule has 5 rings (SSSR count). The van der Waals surface area contributed by atoms with Crippen LogP contribution in [0.4, 0.5) is 17.1 Å². The van der Waals surface area contributed by atoms with Gasteiger partial charge in [0.2, 0.25) is 0 Å². The summed E-state index contributed by atoms with van der Waals surface area (Å²) in [5.41, 5.74) is 10.3. The highest BCUT2D eigenvalue weighted by molar-refractivity contribution is 6.05. The Hall–Kier alpha value is -4.91. The minimum Gasteiger partial charge on any atom is -0.397 e. The monoisotopic (exact) mass is 460 g/mol. The quantitative estimate of drug-likeness (QED) is 0.283. The van der Waals surface area contributed by atoms with E-state index in [-0.39, 0.29) is 5.91 Å². The maximum absolute atomic E-state index is 12.6. The first-order valence-electron chi connectivity index (χ1n) is 11.2. The Bertz CT molecular complexity index is 1430. The zero-order valence-electron chi connectivity index (χ0n) is 18.9. The number of aromatic nitrogens is 3. The van der Waals surface area contributed by atoms with E-state index < -0.39 is 0 Å². The molecule has 0 saturated heterocycles. The molecular weight excluding hydrogens is 436 g/mol. The van der Waals surface area contributed by atoms with Gasteiger partial charge in [0.1, 0.15) is 0 Å². The second-order valence-corrected chi connectivity index (χ2v) is 7.94. The Morgan fingerprint density at radius 3 is 2.17 bits per heavy atom. The van der Waals surface area contributed by atoms with Gasteiger partial charge in [-0.15, -0.1) is 5.10 Å². The predicted octanol–water partition coefficient (Wildman–Crippen LogP) is 5.38. The number of nitrogens with zero attached hydrogens (tertiary/aromatic N) is 3. The van der Waals surface area contributed by atoms with E-state index in [0.717, 1.165) is 22.8 Å². The Labute approximate surface area is 203 Å². The lowest BCUT2D eigenvalue weighted by Crippen LogP contribution is -2.13. The number of hydrogen-bond donors (Lipinski definition) is 3. The molecule has 35 heavy (non-hydrogen) atoms. The van der Waals surface area contributed by atoms with Crippen molar-refractivity contribution in [1.29, 1.82) is 0 Å². The fourth-order valence-electron chi connectivity index (χ4n) is 3.67. The van der Waals surface area contributed by atoms with Gasteiger partial charge in [0.25, 0.3) is 5.91 Å². The van der Waals surface area contributed by atoms with Gasteiger partial charge in [-0.1, -0.05) is 60.7 Å². The smallest absolute Gasteiger partial charge is 0.255 e. The van der Waals surface area contributed by atoms with Crippen LogP contribution in [0.15, 0.2) is 109 Å². The topological polar surface area (TPSA) is 97.9 Å². The van der Waals surface area contributed by atoms with Crippen molar-refractivity contribution >= 4 is 23.0 Å². The maximum Gasteiger partial charge on any atom is 0.255 e. The van der Waals surface area contributed by atoms with Crippen LogP contribution >= 0.6 is 0 Å². The van der Waals surface area contributed by atoms with E-state index in [1.165, 1.54) is 0 Å². The minimum atomic E-state index is -0.217. The number of carbonyl (C=O) groups is 1. The Morgan fingerprint density at radius 2 is 1.46 bits per heavy atom. The molecular formula is C28H24N6O. The first-order valence-corrected chi connectivity index (χ1v) is 11.2. The fourth-order valence-corrected chi connectivity index (χ4v) is 3.67. The first kappa shape index (κ1) is 21.9.